The molecule has 178 valence electrons. The second-order valence-corrected chi connectivity index (χ2v) is 13.0. The fraction of sp³-hybridized carbons (Fsp3) is 0.929. The van der Waals surface area contributed by atoms with E-state index in [1.54, 1.807) is 0 Å². The van der Waals surface area contributed by atoms with E-state index in [0.717, 1.165) is 42.9 Å². The number of fused-ring (bicyclic) bond motifs is 5. The molecule has 0 spiro atoms. The van der Waals surface area contributed by atoms with Gasteiger partial charge in [-0.3, -0.25) is 0 Å². The molecule has 4 aliphatic carbocycles. The van der Waals surface area contributed by atoms with Gasteiger partial charge < -0.3 is 15.3 Å². The Hall–Kier alpha value is -0.380. The zero-order chi connectivity index (χ0) is 22.8. The third kappa shape index (κ3) is 3.56. The molecule has 0 radical (unpaired) electrons. The van der Waals surface area contributed by atoms with E-state index in [2.05, 4.69) is 41.5 Å². The Bertz CT molecular complexity index is 700. The predicted molar refractivity (Wildman–Crippen MR) is 126 cm³/mol. The Kier molecular flexibility index (Phi) is 6.24. The summed E-state index contributed by atoms with van der Waals surface area (Å²) in [6, 6.07) is 0. The van der Waals surface area contributed by atoms with Crippen molar-refractivity contribution in [2.24, 2.45) is 46.3 Å². The molecule has 0 saturated heterocycles. The molecule has 0 unspecified atom stereocenters. The van der Waals surface area contributed by atoms with Crippen LogP contribution < -0.4 is 0 Å². The number of rotatable bonds is 5. The van der Waals surface area contributed by atoms with E-state index in [-0.39, 0.29) is 5.41 Å². The molecule has 31 heavy (non-hydrogen) atoms. The number of aliphatic hydroxyl groups is 3. The zero-order valence-corrected chi connectivity index (χ0v) is 20.9. The minimum absolute atomic E-state index is 0.306. The van der Waals surface area contributed by atoms with Crippen molar-refractivity contribution in [3.63, 3.8) is 0 Å². The molecule has 0 aromatic heterocycles. The molecule has 10 atom stereocenters. The largest absolute Gasteiger partial charge is 0.393 e. The van der Waals surface area contributed by atoms with Crippen LogP contribution in [0, 0.1) is 46.3 Å². The molecule has 3 nitrogen and oxygen atoms in total. The van der Waals surface area contributed by atoms with E-state index >= 15 is 0 Å². The second-order valence-electron chi connectivity index (χ2n) is 13.0. The lowest BCUT2D eigenvalue weighted by Gasteiger charge is -2.62. The van der Waals surface area contributed by atoms with Crippen LogP contribution in [-0.4, -0.2) is 33.1 Å². The highest BCUT2D eigenvalue weighted by atomic mass is 16.3. The van der Waals surface area contributed by atoms with E-state index in [0.29, 0.717) is 23.7 Å². The molecule has 0 aliphatic heterocycles. The van der Waals surface area contributed by atoms with Gasteiger partial charge in [-0.25, -0.2) is 0 Å². The lowest BCUT2D eigenvalue weighted by atomic mass is 9.45. The van der Waals surface area contributed by atoms with Gasteiger partial charge in [0.15, 0.2) is 0 Å². The lowest BCUT2D eigenvalue weighted by Crippen LogP contribution is -2.65. The second kappa shape index (κ2) is 8.13. The van der Waals surface area contributed by atoms with Crippen molar-refractivity contribution in [1.82, 2.24) is 0 Å². The summed E-state index contributed by atoms with van der Waals surface area (Å²) >= 11 is 0. The van der Waals surface area contributed by atoms with E-state index in [9.17, 15) is 15.3 Å². The van der Waals surface area contributed by atoms with Gasteiger partial charge in [0.25, 0.3) is 0 Å². The Balaban J connectivity index is 1.57. The minimum Gasteiger partial charge on any atom is -0.393 e. The molecule has 3 saturated carbocycles. The first kappa shape index (κ1) is 23.8. The smallest absolute Gasteiger partial charge is 0.102 e. The number of hydrogen-bond donors (Lipinski definition) is 3. The maximum absolute atomic E-state index is 11.6. The monoisotopic (exact) mass is 432 g/mol. The van der Waals surface area contributed by atoms with Crippen LogP contribution in [0.5, 0.6) is 0 Å². The molecule has 0 aromatic carbocycles. The Labute approximate surface area is 190 Å². The van der Waals surface area contributed by atoms with Gasteiger partial charge in [0, 0.05) is 11.8 Å². The van der Waals surface area contributed by atoms with Crippen LogP contribution in [-0.2, 0) is 0 Å². The highest BCUT2D eigenvalue weighted by molar-refractivity contribution is 5.33. The highest BCUT2D eigenvalue weighted by Crippen LogP contribution is 2.67. The summed E-state index contributed by atoms with van der Waals surface area (Å²) in [6.45, 7) is 14.3. The molecular formula is C28H48O3. The summed E-state index contributed by atoms with van der Waals surface area (Å²) in [5.74, 6) is 3.96. The summed E-state index contributed by atoms with van der Waals surface area (Å²) in [5, 5.41) is 33.0. The Morgan fingerprint density at radius 2 is 1.65 bits per heavy atom. The van der Waals surface area contributed by atoms with Gasteiger partial charge in [0.1, 0.15) is 11.7 Å². The first-order valence-corrected chi connectivity index (χ1v) is 13.2. The highest BCUT2D eigenvalue weighted by Gasteiger charge is 2.64. The van der Waals surface area contributed by atoms with Gasteiger partial charge in [-0.05, 0) is 79.4 Å². The van der Waals surface area contributed by atoms with Gasteiger partial charge in [-0.1, -0.05) is 66.0 Å². The molecule has 0 heterocycles. The molecule has 3 heteroatoms. The Morgan fingerprint density at radius 3 is 2.32 bits per heavy atom. The van der Waals surface area contributed by atoms with Gasteiger partial charge in [0.2, 0.25) is 0 Å². The molecule has 4 aliphatic rings. The maximum Gasteiger partial charge on any atom is 0.102 e. The van der Waals surface area contributed by atoms with Crippen LogP contribution in [0.25, 0.3) is 0 Å². The van der Waals surface area contributed by atoms with Crippen molar-refractivity contribution < 1.29 is 15.3 Å². The van der Waals surface area contributed by atoms with E-state index in [1.165, 1.54) is 37.7 Å². The average Bonchev–Trinajstić information content (AvgIpc) is 3.05. The fourth-order valence-corrected chi connectivity index (χ4v) is 8.58. The standard InChI is InChI=1S/C28H48O3/c1-17(2)18(3)7-8-19(4)22-9-10-23-21-15-25(30)28(31)16-20(29)11-14-27(28,6)24(21)12-13-26(22,23)5/h15,17-20,22-25,29-31H,7-14,16H2,1-6H3/t18-,19-,20+,22-,23+,24+,25-,26-,27-,28+/m1/s1. The fourth-order valence-electron chi connectivity index (χ4n) is 8.58. The minimum atomic E-state index is -1.19. The Morgan fingerprint density at radius 1 is 0.935 bits per heavy atom. The quantitative estimate of drug-likeness (QED) is 0.487. The van der Waals surface area contributed by atoms with Crippen LogP contribution >= 0.6 is 0 Å². The van der Waals surface area contributed by atoms with E-state index in [4.69, 9.17) is 0 Å². The van der Waals surface area contributed by atoms with Crippen molar-refractivity contribution in [1.29, 1.82) is 0 Å². The zero-order valence-electron chi connectivity index (χ0n) is 20.9. The summed E-state index contributed by atoms with van der Waals surface area (Å²) in [6.07, 6.45) is 10.1. The van der Waals surface area contributed by atoms with Crippen LogP contribution in [0.15, 0.2) is 11.6 Å². The average molecular weight is 433 g/mol. The van der Waals surface area contributed by atoms with Crippen molar-refractivity contribution in [2.75, 3.05) is 0 Å². The number of aliphatic hydroxyl groups excluding tert-OH is 2. The van der Waals surface area contributed by atoms with E-state index < -0.39 is 17.8 Å². The molecule has 0 aromatic rings. The summed E-state index contributed by atoms with van der Waals surface area (Å²) in [4.78, 5) is 0. The van der Waals surface area contributed by atoms with Crippen molar-refractivity contribution >= 4 is 0 Å². The van der Waals surface area contributed by atoms with E-state index in [1.807, 2.05) is 6.08 Å². The predicted octanol–water partition coefficient (Wildman–Crippen LogP) is 5.72. The number of hydrogen-bond acceptors (Lipinski definition) is 3. The van der Waals surface area contributed by atoms with Crippen molar-refractivity contribution in [2.45, 2.75) is 117 Å². The summed E-state index contributed by atoms with van der Waals surface area (Å²) < 4.78 is 0. The van der Waals surface area contributed by atoms with Crippen LogP contribution in [0.2, 0.25) is 0 Å². The molecule has 3 N–H and O–H groups in total. The first-order valence-electron chi connectivity index (χ1n) is 13.2. The maximum atomic E-state index is 11.6. The molecule has 0 bridgehead atoms. The first-order chi connectivity index (χ1) is 14.4. The van der Waals surface area contributed by atoms with Gasteiger partial charge in [-0.2, -0.15) is 0 Å². The summed E-state index contributed by atoms with van der Waals surface area (Å²) in [7, 11) is 0. The van der Waals surface area contributed by atoms with Gasteiger partial charge in [-0.15, -0.1) is 0 Å². The summed E-state index contributed by atoms with van der Waals surface area (Å²) in [5.41, 5.74) is 0.260. The third-order valence-corrected chi connectivity index (χ3v) is 11.2. The molecule has 4 rings (SSSR count). The van der Waals surface area contributed by atoms with Gasteiger partial charge >= 0.3 is 0 Å². The normalized spacial score (nSPS) is 49.1. The molecule has 3 fully saturated rings. The van der Waals surface area contributed by atoms with Crippen LogP contribution in [0.1, 0.15) is 99.3 Å². The van der Waals surface area contributed by atoms with Crippen molar-refractivity contribution in [3.05, 3.63) is 11.6 Å². The van der Waals surface area contributed by atoms with Crippen LogP contribution in [0.4, 0.5) is 0 Å². The van der Waals surface area contributed by atoms with Crippen molar-refractivity contribution in [3.8, 4) is 0 Å². The number of allylic oxidation sites excluding steroid dienone is 1. The third-order valence-electron chi connectivity index (χ3n) is 11.2. The molecular weight excluding hydrogens is 384 g/mol. The molecule has 0 amide bonds. The van der Waals surface area contributed by atoms with Crippen LogP contribution in [0.3, 0.4) is 0 Å². The lowest BCUT2D eigenvalue weighted by molar-refractivity contribution is -0.210. The van der Waals surface area contributed by atoms with Gasteiger partial charge in [0.05, 0.1) is 6.10 Å². The SMILES string of the molecule is CC(C)[C@H](C)CC[C@@H](C)[C@H]1CC[C@H]2C3=C[C@@H](O)[C@@]4(O)C[C@@H](O)CC[C@]4(C)[C@H]3CC[C@]12C. The topological polar surface area (TPSA) is 60.7 Å².